The molecule has 8 heteroatoms. The van der Waals surface area contributed by atoms with Gasteiger partial charge in [0.25, 0.3) is 15.9 Å². The lowest BCUT2D eigenvalue weighted by Crippen LogP contribution is -2.26. The van der Waals surface area contributed by atoms with Gasteiger partial charge in [-0.25, -0.2) is 12.8 Å². The molecule has 0 heterocycles. The van der Waals surface area contributed by atoms with Crippen LogP contribution in [0.5, 0.6) is 0 Å². The third-order valence-corrected chi connectivity index (χ3v) is 5.25. The van der Waals surface area contributed by atoms with Crippen molar-refractivity contribution in [3.8, 4) is 0 Å². The van der Waals surface area contributed by atoms with Crippen LogP contribution in [0.4, 0.5) is 10.1 Å². The van der Waals surface area contributed by atoms with E-state index in [1.165, 1.54) is 35.2 Å². The maximum atomic E-state index is 12.9. The van der Waals surface area contributed by atoms with Crippen LogP contribution in [0.2, 0.25) is 5.02 Å². The SMILES string of the molecule is CCN(C)C(=O)c1ccc(Cl)c(S(=O)(=O)Nc2ccc(F)cc2)c1. The minimum Gasteiger partial charge on any atom is -0.342 e. The van der Waals surface area contributed by atoms with Crippen LogP contribution in [0.1, 0.15) is 17.3 Å². The number of anilines is 1. The monoisotopic (exact) mass is 370 g/mol. The molecule has 0 fully saturated rings. The molecule has 0 atom stereocenters. The predicted octanol–water partition coefficient (Wildman–Crippen LogP) is 3.37. The van der Waals surface area contributed by atoms with Crippen LogP contribution in [0.3, 0.4) is 0 Å². The van der Waals surface area contributed by atoms with E-state index in [2.05, 4.69) is 4.72 Å². The van der Waals surface area contributed by atoms with E-state index < -0.39 is 15.8 Å². The Morgan fingerprint density at radius 1 is 1.21 bits per heavy atom. The first-order valence-electron chi connectivity index (χ1n) is 7.08. The Morgan fingerprint density at radius 2 is 1.83 bits per heavy atom. The number of sulfonamides is 1. The molecule has 0 unspecified atom stereocenters. The number of amides is 1. The molecule has 0 spiro atoms. The highest BCUT2D eigenvalue weighted by Crippen LogP contribution is 2.25. The van der Waals surface area contributed by atoms with Crippen LogP contribution in [0.25, 0.3) is 0 Å². The van der Waals surface area contributed by atoms with E-state index in [9.17, 15) is 17.6 Å². The third-order valence-electron chi connectivity index (χ3n) is 3.39. The minimum atomic E-state index is -4.02. The van der Waals surface area contributed by atoms with Gasteiger partial charge in [0.1, 0.15) is 10.7 Å². The zero-order valence-corrected chi connectivity index (χ0v) is 14.7. The lowest BCUT2D eigenvalue weighted by Gasteiger charge is -2.16. The second kappa shape index (κ2) is 7.19. The molecule has 0 saturated carbocycles. The van der Waals surface area contributed by atoms with Crippen LogP contribution in [-0.4, -0.2) is 32.8 Å². The quantitative estimate of drug-likeness (QED) is 0.877. The van der Waals surface area contributed by atoms with E-state index in [0.29, 0.717) is 6.54 Å². The van der Waals surface area contributed by atoms with Crippen LogP contribution >= 0.6 is 11.6 Å². The zero-order valence-electron chi connectivity index (χ0n) is 13.1. The van der Waals surface area contributed by atoms with Crippen molar-refractivity contribution in [1.82, 2.24) is 4.90 Å². The molecule has 2 aromatic rings. The van der Waals surface area contributed by atoms with Gasteiger partial charge >= 0.3 is 0 Å². The van der Waals surface area contributed by atoms with Gasteiger partial charge in [-0.3, -0.25) is 9.52 Å². The highest BCUT2D eigenvalue weighted by Gasteiger charge is 2.21. The van der Waals surface area contributed by atoms with Crippen molar-refractivity contribution in [3.63, 3.8) is 0 Å². The Kier molecular flexibility index (Phi) is 5.46. The molecule has 2 aromatic carbocycles. The summed E-state index contributed by atoms with van der Waals surface area (Å²) in [5, 5.41) is -0.0136. The van der Waals surface area contributed by atoms with Crippen LogP contribution in [0, 0.1) is 5.82 Å². The van der Waals surface area contributed by atoms with Crippen molar-refractivity contribution in [2.24, 2.45) is 0 Å². The molecular formula is C16H16ClFN2O3S. The number of halogens is 2. The van der Waals surface area contributed by atoms with Crippen molar-refractivity contribution in [2.45, 2.75) is 11.8 Å². The van der Waals surface area contributed by atoms with Crippen molar-refractivity contribution >= 4 is 33.2 Å². The molecule has 0 aliphatic rings. The first-order valence-corrected chi connectivity index (χ1v) is 8.94. The normalized spacial score (nSPS) is 11.2. The van der Waals surface area contributed by atoms with Crippen LogP contribution < -0.4 is 4.72 Å². The molecule has 1 N–H and O–H groups in total. The van der Waals surface area contributed by atoms with Crippen molar-refractivity contribution in [3.05, 3.63) is 58.9 Å². The summed E-state index contributed by atoms with van der Waals surface area (Å²) < 4.78 is 40.2. The van der Waals surface area contributed by atoms with Crippen molar-refractivity contribution in [2.75, 3.05) is 18.3 Å². The molecule has 0 saturated heterocycles. The highest BCUT2D eigenvalue weighted by molar-refractivity contribution is 7.92. The maximum Gasteiger partial charge on any atom is 0.263 e. The van der Waals surface area contributed by atoms with E-state index in [-0.39, 0.29) is 27.1 Å². The number of carbonyl (C=O) groups is 1. The molecule has 0 bridgehead atoms. The maximum absolute atomic E-state index is 12.9. The van der Waals surface area contributed by atoms with Gasteiger partial charge in [-0.2, -0.15) is 0 Å². The fourth-order valence-corrected chi connectivity index (χ4v) is 3.52. The predicted molar refractivity (Wildman–Crippen MR) is 91.3 cm³/mol. The summed E-state index contributed by atoms with van der Waals surface area (Å²) in [6, 6.07) is 8.90. The fraction of sp³-hybridized carbons (Fsp3) is 0.188. The van der Waals surface area contributed by atoms with Gasteiger partial charge in [-0.05, 0) is 49.4 Å². The smallest absolute Gasteiger partial charge is 0.263 e. The lowest BCUT2D eigenvalue weighted by molar-refractivity contribution is 0.0802. The topological polar surface area (TPSA) is 66.5 Å². The fourth-order valence-electron chi connectivity index (χ4n) is 1.93. The summed E-state index contributed by atoms with van der Waals surface area (Å²) in [5.74, 6) is -0.793. The molecule has 0 aliphatic carbocycles. The number of benzene rings is 2. The second-order valence-electron chi connectivity index (χ2n) is 5.08. The summed E-state index contributed by atoms with van der Waals surface area (Å²) in [6.07, 6.45) is 0. The number of rotatable bonds is 5. The average molecular weight is 371 g/mol. The van der Waals surface area contributed by atoms with E-state index in [0.717, 1.165) is 12.1 Å². The summed E-state index contributed by atoms with van der Waals surface area (Å²) >= 11 is 5.99. The van der Waals surface area contributed by atoms with E-state index in [1.807, 2.05) is 6.92 Å². The van der Waals surface area contributed by atoms with E-state index in [4.69, 9.17) is 11.6 Å². The Morgan fingerprint density at radius 3 is 2.42 bits per heavy atom. The standard InChI is InChI=1S/C16H16ClFN2O3S/c1-3-20(2)16(21)11-4-9-14(17)15(10-11)24(22,23)19-13-7-5-12(18)6-8-13/h4-10,19H,3H2,1-2H3. The zero-order chi connectivity index (χ0) is 17.9. The second-order valence-corrected chi connectivity index (χ2v) is 7.13. The molecule has 0 aromatic heterocycles. The van der Waals surface area contributed by atoms with Gasteiger partial charge in [0, 0.05) is 24.8 Å². The van der Waals surface area contributed by atoms with Crippen LogP contribution in [-0.2, 0) is 10.0 Å². The summed E-state index contributed by atoms with van der Waals surface area (Å²) in [7, 11) is -2.41. The first-order chi connectivity index (χ1) is 11.2. The Balaban J connectivity index is 2.39. The number of hydrogen-bond donors (Lipinski definition) is 1. The summed E-state index contributed by atoms with van der Waals surface area (Å²) in [4.78, 5) is 13.4. The molecule has 128 valence electrons. The molecular weight excluding hydrogens is 355 g/mol. The van der Waals surface area contributed by atoms with Gasteiger partial charge in [0.05, 0.1) is 5.02 Å². The van der Waals surface area contributed by atoms with Gasteiger partial charge in [0.15, 0.2) is 0 Å². The van der Waals surface area contributed by atoms with E-state index in [1.54, 1.807) is 7.05 Å². The summed E-state index contributed by atoms with van der Waals surface area (Å²) in [5.41, 5.74) is 0.401. The van der Waals surface area contributed by atoms with Gasteiger partial charge in [0.2, 0.25) is 0 Å². The van der Waals surface area contributed by atoms with Crippen molar-refractivity contribution in [1.29, 1.82) is 0 Å². The molecule has 0 aliphatic heterocycles. The Hall–Kier alpha value is -2.12. The van der Waals surface area contributed by atoms with E-state index >= 15 is 0 Å². The Labute approximate surface area is 145 Å². The number of carbonyl (C=O) groups excluding carboxylic acids is 1. The lowest BCUT2D eigenvalue weighted by atomic mass is 10.2. The largest absolute Gasteiger partial charge is 0.342 e. The molecule has 24 heavy (non-hydrogen) atoms. The average Bonchev–Trinajstić information content (AvgIpc) is 2.55. The van der Waals surface area contributed by atoms with Crippen LogP contribution in [0.15, 0.2) is 47.4 Å². The van der Waals surface area contributed by atoms with Gasteiger partial charge in [-0.1, -0.05) is 11.6 Å². The molecule has 5 nitrogen and oxygen atoms in total. The molecule has 0 radical (unpaired) electrons. The number of nitrogens with zero attached hydrogens (tertiary/aromatic N) is 1. The summed E-state index contributed by atoms with van der Waals surface area (Å²) in [6.45, 7) is 2.29. The molecule has 2 rings (SSSR count). The third kappa shape index (κ3) is 4.04. The first kappa shape index (κ1) is 18.2. The highest BCUT2D eigenvalue weighted by atomic mass is 35.5. The van der Waals surface area contributed by atoms with Crippen molar-refractivity contribution < 1.29 is 17.6 Å². The number of hydrogen-bond acceptors (Lipinski definition) is 3. The number of nitrogens with one attached hydrogen (secondary N) is 1. The van der Waals surface area contributed by atoms with Gasteiger partial charge in [-0.15, -0.1) is 0 Å². The van der Waals surface area contributed by atoms with Gasteiger partial charge < -0.3 is 4.90 Å². The molecule has 1 amide bonds. The Bertz CT molecular complexity index is 854. The minimum absolute atomic E-state index is 0.0136.